The summed E-state index contributed by atoms with van der Waals surface area (Å²) in [5.74, 6) is -0.0315. The molecule has 7 nitrogen and oxygen atoms in total. The Bertz CT molecular complexity index is 1480. The number of esters is 1. The van der Waals surface area contributed by atoms with Crippen LogP contribution in [-0.4, -0.2) is 47.3 Å². The molecule has 0 bridgehead atoms. The van der Waals surface area contributed by atoms with E-state index in [2.05, 4.69) is 29.2 Å². The molecule has 0 atom stereocenters. The van der Waals surface area contributed by atoms with E-state index in [-0.39, 0.29) is 12.4 Å². The monoisotopic (exact) mass is 545 g/mol. The molecular weight excluding hydrogens is 509 g/mol. The number of aryl methyl sites for hydroxylation is 1. The van der Waals surface area contributed by atoms with Crippen molar-refractivity contribution in [3.05, 3.63) is 83.2 Å². The topological polar surface area (TPSA) is 77.7 Å². The second-order valence-corrected chi connectivity index (χ2v) is 11.0. The number of ether oxygens (including phenoxy) is 2. The lowest BCUT2D eigenvalue weighted by Crippen LogP contribution is -2.27. The third kappa shape index (κ3) is 7.61. The standard InChI is InChI=1S/C32H36FN3O4/c1-21-9-7-8-10-27(21)28-12-11-23(17-25(28)20-38-6)31-34-30(35-40-31)24-15-22(16-26(33)18-24)19-36(5)14-13-29(37)39-32(2,3)4/h7-12,15-18H,13-14,19-20H2,1-6H3. The van der Waals surface area contributed by atoms with Crippen molar-refractivity contribution in [3.63, 3.8) is 0 Å². The maximum atomic E-state index is 14.6. The van der Waals surface area contributed by atoms with Crippen molar-refractivity contribution >= 4 is 5.97 Å². The van der Waals surface area contributed by atoms with Crippen LogP contribution < -0.4 is 0 Å². The Hall–Kier alpha value is -3.88. The molecule has 8 heteroatoms. The van der Waals surface area contributed by atoms with Gasteiger partial charge >= 0.3 is 5.97 Å². The molecular formula is C32H36FN3O4. The summed E-state index contributed by atoms with van der Waals surface area (Å²) in [6.07, 6.45) is 0.248. The van der Waals surface area contributed by atoms with Gasteiger partial charge in [-0.15, -0.1) is 0 Å². The Morgan fingerprint density at radius 1 is 1.02 bits per heavy atom. The third-order valence-corrected chi connectivity index (χ3v) is 6.30. The van der Waals surface area contributed by atoms with Gasteiger partial charge in [0.1, 0.15) is 11.4 Å². The highest BCUT2D eigenvalue weighted by molar-refractivity contribution is 5.74. The number of hydrogen-bond acceptors (Lipinski definition) is 7. The number of rotatable bonds is 10. The summed E-state index contributed by atoms with van der Waals surface area (Å²) in [6.45, 7) is 8.94. The van der Waals surface area contributed by atoms with Crippen LogP contribution in [0.4, 0.5) is 4.39 Å². The lowest BCUT2D eigenvalue weighted by molar-refractivity contribution is -0.155. The summed E-state index contributed by atoms with van der Waals surface area (Å²) >= 11 is 0. The Labute approximate surface area is 234 Å². The molecule has 0 amide bonds. The summed E-state index contributed by atoms with van der Waals surface area (Å²) in [5.41, 5.74) is 5.86. The minimum absolute atomic E-state index is 0.248. The van der Waals surface area contributed by atoms with Gasteiger partial charge in [0.15, 0.2) is 0 Å². The van der Waals surface area contributed by atoms with Crippen LogP contribution >= 0.6 is 0 Å². The Morgan fingerprint density at radius 2 is 1.80 bits per heavy atom. The molecule has 4 aromatic rings. The first-order chi connectivity index (χ1) is 19.0. The van der Waals surface area contributed by atoms with Gasteiger partial charge in [-0.2, -0.15) is 4.98 Å². The van der Waals surface area contributed by atoms with Crippen LogP contribution in [0.5, 0.6) is 0 Å². The van der Waals surface area contributed by atoms with Crippen molar-refractivity contribution in [2.45, 2.75) is 52.9 Å². The average molecular weight is 546 g/mol. The molecule has 0 N–H and O–H groups in total. The number of aromatic nitrogens is 2. The highest BCUT2D eigenvalue weighted by atomic mass is 19.1. The molecule has 4 rings (SSSR count). The van der Waals surface area contributed by atoms with Crippen LogP contribution in [0.25, 0.3) is 34.0 Å². The fourth-order valence-electron chi connectivity index (χ4n) is 4.53. The van der Waals surface area contributed by atoms with E-state index in [0.29, 0.717) is 37.0 Å². The number of carbonyl (C=O) groups is 1. The Morgan fingerprint density at radius 3 is 2.52 bits per heavy atom. The van der Waals surface area contributed by atoms with Crippen molar-refractivity contribution < 1.29 is 23.2 Å². The van der Waals surface area contributed by atoms with E-state index >= 15 is 0 Å². The molecule has 0 aliphatic heterocycles. The molecule has 0 fully saturated rings. The smallest absolute Gasteiger partial charge is 0.307 e. The van der Waals surface area contributed by atoms with E-state index in [1.807, 2.05) is 69.1 Å². The molecule has 0 saturated heterocycles. The number of carbonyl (C=O) groups excluding carboxylic acids is 1. The second kappa shape index (κ2) is 12.5. The SMILES string of the molecule is COCc1cc(-c2nc(-c3cc(F)cc(CN(C)CCC(=O)OC(C)(C)C)c3)no2)ccc1-c1ccccc1C. The van der Waals surface area contributed by atoms with Gasteiger partial charge in [0.2, 0.25) is 5.82 Å². The first kappa shape index (κ1) is 29.1. The van der Waals surface area contributed by atoms with E-state index in [1.54, 1.807) is 7.11 Å². The number of nitrogens with zero attached hydrogens (tertiary/aromatic N) is 3. The van der Waals surface area contributed by atoms with E-state index < -0.39 is 11.4 Å². The predicted octanol–water partition coefficient (Wildman–Crippen LogP) is 6.83. The first-order valence-electron chi connectivity index (χ1n) is 13.2. The van der Waals surface area contributed by atoms with E-state index in [4.69, 9.17) is 14.0 Å². The summed E-state index contributed by atoms with van der Waals surface area (Å²) < 4.78 is 31.0. The Balaban J connectivity index is 1.52. The molecule has 0 aliphatic carbocycles. The van der Waals surface area contributed by atoms with Gasteiger partial charge in [-0.25, -0.2) is 4.39 Å². The van der Waals surface area contributed by atoms with Gasteiger partial charge in [0.05, 0.1) is 13.0 Å². The largest absolute Gasteiger partial charge is 0.460 e. The van der Waals surface area contributed by atoms with Crippen LogP contribution in [0, 0.1) is 12.7 Å². The number of benzene rings is 3. The number of hydrogen-bond donors (Lipinski definition) is 0. The molecule has 0 unspecified atom stereocenters. The van der Waals surface area contributed by atoms with Crippen molar-refractivity contribution in [1.29, 1.82) is 0 Å². The molecule has 0 radical (unpaired) electrons. The number of halogens is 1. The Kier molecular flexibility index (Phi) is 9.12. The average Bonchev–Trinajstić information content (AvgIpc) is 3.37. The molecule has 0 aliphatic rings. The zero-order valence-electron chi connectivity index (χ0n) is 24.0. The highest BCUT2D eigenvalue weighted by Crippen LogP contribution is 2.32. The van der Waals surface area contributed by atoms with Crippen LogP contribution in [0.1, 0.15) is 43.9 Å². The molecule has 40 heavy (non-hydrogen) atoms. The van der Waals surface area contributed by atoms with Crippen LogP contribution in [0.3, 0.4) is 0 Å². The van der Waals surface area contributed by atoms with Crippen molar-refractivity contribution in [2.75, 3.05) is 20.7 Å². The normalized spacial score (nSPS) is 11.7. The van der Waals surface area contributed by atoms with Crippen molar-refractivity contribution in [1.82, 2.24) is 15.0 Å². The summed E-state index contributed by atoms with van der Waals surface area (Å²) in [7, 11) is 3.54. The quantitative estimate of drug-likeness (QED) is 0.202. The maximum Gasteiger partial charge on any atom is 0.307 e. The second-order valence-electron chi connectivity index (χ2n) is 11.0. The summed E-state index contributed by atoms with van der Waals surface area (Å²) in [6, 6.07) is 18.8. The first-order valence-corrected chi connectivity index (χ1v) is 13.2. The molecule has 0 spiro atoms. The van der Waals surface area contributed by atoms with Crippen LogP contribution in [-0.2, 0) is 27.4 Å². The fraction of sp³-hybridized carbons (Fsp3) is 0.344. The van der Waals surface area contributed by atoms with E-state index in [1.165, 1.54) is 17.7 Å². The van der Waals surface area contributed by atoms with Gasteiger partial charge < -0.3 is 18.9 Å². The van der Waals surface area contributed by atoms with Gasteiger partial charge in [-0.1, -0.05) is 35.5 Å². The van der Waals surface area contributed by atoms with Gasteiger partial charge in [0.25, 0.3) is 5.89 Å². The molecule has 1 heterocycles. The zero-order chi connectivity index (χ0) is 28.9. The maximum absolute atomic E-state index is 14.6. The predicted molar refractivity (Wildman–Crippen MR) is 153 cm³/mol. The van der Waals surface area contributed by atoms with Gasteiger partial charge in [0, 0.05) is 31.3 Å². The molecule has 1 aromatic heterocycles. The van der Waals surface area contributed by atoms with Gasteiger partial charge in [-0.05, 0) is 92.9 Å². The van der Waals surface area contributed by atoms with Crippen LogP contribution in [0.2, 0.25) is 0 Å². The molecule has 3 aromatic carbocycles. The zero-order valence-corrected chi connectivity index (χ0v) is 24.0. The lowest BCUT2D eigenvalue weighted by Gasteiger charge is -2.21. The highest BCUT2D eigenvalue weighted by Gasteiger charge is 2.18. The third-order valence-electron chi connectivity index (χ3n) is 6.30. The van der Waals surface area contributed by atoms with Crippen molar-refractivity contribution in [3.8, 4) is 34.0 Å². The minimum atomic E-state index is -0.523. The molecule has 0 saturated carbocycles. The number of methoxy groups -OCH3 is 1. The molecule has 210 valence electrons. The minimum Gasteiger partial charge on any atom is -0.460 e. The van der Waals surface area contributed by atoms with Gasteiger partial charge in [-0.3, -0.25) is 4.79 Å². The summed E-state index contributed by atoms with van der Waals surface area (Å²) in [4.78, 5) is 18.6. The summed E-state index contributed by atoms with van der Waals surface area (Å²) in [5, 5.41) is 4.13. The van der Waals surface area contributed by atoms with Crippen molar-refractivity contribution in [2.24, 2.45) is 0 Å². The fourth-order valence-corrected chi connectivity index (χ4v) is 4.53. The lowest BCUT2D eigenvalue weighted by atomic mass is 9.94. The van der Waals surface area contributed by atoms with Crippen LogP contribution in [0.15, 0.2) is 65.2 Å². The van der Waals surface area contributed by atoms with E-state index in [0.717, 1.165) is 27.8 Å². The van der Waals surface area contributed by atoms with E-state index in [9.17, 15) is 9.18 Å².